The van der Waals surface area contributed by atoms with Gasteiger partial charge in [-0.25, -0.2) is 8.78 Å². The van der Waals surface area contributed by atoms with Crippen LogP contribution in [0.4, 0.5) is 8.78 Å². The van der Waals surface area contributed by atoms with Gasteiger partial charge in [-0.15, -0.1) is 0 Å². The minimum atomic E-state index is -1.22. The summed E-state index contributed by atoms with van der Waals surface area (Å²) in [7, 11) is 0. The van der Waals surface area contributed by atoms with Gasteiger partial charge >= 0.3 is 5.97 Å². The molecule has 0 atom stereocenters. The summed E-state index contributed by atoms with van der Waals surface area (Å²) >= 11 is 0. The molecule has 6 heteroatoms. The Balaban J connectivity index is 2.73. The second-order valence-electron chi connectivity index (χ2n) is 3.52. The predicted molar refractivity (Wildman–Crippen MR) is 55.8 cm³/mol. The lowest BCUT2D eigenvalue weighted by Crippen LogP contribution is -2.16. The largest absolute Gasteiger partial charge is 0.481 e. The fourth-order valence-electron chi connectivity index (χ4n) is 1.55. The van der Waals surface area contributed by atoms with E-state index in [1.807, 2.05) is 0 Å². The third-order valence-electron chi connectivity index (χ3n) is 2.33. The van der Waals surface area contributed by atoms with Crippen LogP contribution in [0.5, 0.6) is 0 Å². The van der Waals surface area contributed by atoms with Crippen molar-refractivity contribution in [1.82, 2.24) is 4.98 Å². The van der Waals surface area contributed by atoms with Gasteiger partial charge in [0.2, 0.25) is 0 Å². The molecule has 2 N–H and O–H groups in total. The van der Waals surface area contributed by atoms with E-state index in [0.29, 0.717) is 0 Å². The number of carbonyl (C=O) groups is 1. The molecule has 0 radical (unpaired) electrons. The first-order chi connectivity index (χ1) is 7.99. The maximum absolute atomic E-state index is 13.4. The van der Waals surface area contributed by atoms with Crippen molar-refractivity contribution in [3.05, 3.63) is 45.8 Å². The first kappa shape index (κ1) is 11.3. The molecule has 1 aromatic heterocycles. The second kappa shape index (κ2) is 3.97. The first-order valence-electron chi connectivity index (χ1n) is 4.70. The van der Waals surface area contributed by atoms with Gasteiger partial charge in [0.1, 0.15) is 0 Å². The summed E-state index contributed by atoms with van der Waals surface area (Å²) in [5, 5.41) is 8.43. The average Bonchev–Trinajstić information content (AvgIpc) is 2.25. The van der Waals surface area contributed by atoms with Gasteiger partial charge in [0.15, 0.2) is 11.6 Å². The predicted octanol–water partition coefficient (Wildman–Crippen LogP) is 1.43. The van der Waals surface area contributed by atoms with E-state index >= 15 is 0 Å². The number of hydrogen-bond donors (Lipinski definition) is 2. The summed E-state index contributed by atoms with van der Waals surface area (Å²) in [6.45, 7) is 0. The summed E-state index contributed by atoms with van der Waals surface area (Å²) in [5.41, 5.74) is -0.608. The maximum atomic E-state index is 13.4. The third kappa shape index (κ3) is 2.01. The summed E-state index contributed by atoms with van der Waals surface area (Å²) in [5.74, 6) is -3.37. The molecular formula is C11H7F2NO3. The number of aliphatic carboxylic acids is 1. The van der Waals surface area contributed by atoms with Crippen molar-refractivity contribution in [2.24, 2.45) is 0 Å². The Morgan fingerprint density at radius 3 is 2.71 bits per heavy atom. The molecule has 0 fully saturated rings. The number of nitrogens with one attached hydrogen (secondary N) is 1. The molecule has 0 saturated carbocycles. The topological polar surface area (TPSA) is 70.2 Å². The molecule has 17 heavy (non-hydrogen) atoms. The monoisotopic (exact) mass is 239 g/mol. The molecule has 0 spiro atoms. The number of rotatable bonds is 2. The third-order valence-corrected chi connectivity index (χ3v) is 2.33. The number of aromatic amines is 1. The lowest BCUT2D eigenvalue weighted by Gasteiger charge is -2.03. The van der Waals surface area contributed by atoms with E-state index in [9.17, 15) is 18.4 Å². The van der Waals surface area contributed by atoms with Crippen molar-refractivity contribution < 1.29 is 18.7 Å². The molecule has 1 aromatic carbocycles. The molecule has 0 bridgehead atoms. The number of H-pyrrole nitrogens is 1. The van der Waals surface area contributed by atoms with Crippen LogP contribution in [0.3, 0.4) is 0 Å². The Hall–Kier alpha value is -2.24. The van der Waals surface area contributed by atoms with E-state index < -0.39 is 29.6 Å². The highest BCUT2D eigenvalue weighted by Crippen LogP contribution is 2.18. The van der Waals surface area contributed by atoms with Crippen LogP contribution in [0.1, 0.15) is 5.56 Å². The van der Waals surface area contributed by atoms with Crippen LogP contribution < -0.4 is 5.56 Å². The molecule has 0 aliphatic heterocycles. The normalized spacial score (nSPS) is 10.7. The molecule has 0 aliphatic rings. The summed E-state index contributed by atoms with van der Waals surface area (Å²) < 4.78 is 26.4. The van der Waals surface area contributed by atoms with Crippen molar-refractivity contribution in [1.29, 1.82) is 0 Å². The average molecular weight is 239 g/mol. The van der Waals surface area contributed by atoms with Crippen molar-refractivity contribution in [2.45, 2.75) is 6.42 Å². The summed E-state index contributed by atoms with van der Waals surface area (Å²) in [4.78, 5) is 24.2. The van der Waals surface area contributed by atoms with Gasteiger partial charge in [-0.05, 0) is 18.2 Å². The Labute approximate surface area is 93.5 Å². The molecule has 0 aliphatic carbocycles. The Kier molecular flexibility index (Phi) is 2.63. The molecule has 1 heterocycles. The van der Waals surface area contributed by atoms with Crippen LogP contribution >= 0.6 is 0 Å². The Morgan fingerprint density at radius 1 is 1.35 bits per heavy atom. The molecule has 4 nitrogen and oxygen atoms in total. The molecular weight excluding hydrogens is 232 g/mol. The summed E-state index contributed by atoms with van der Waals surface area (Å²) in [6.07, 6.45) is -0.540. The molecule has 88 valence electrons. The zero-order chi connectivity index (χ0) is 12.6. The number of fused-ring (bicyclic) bond motifs is 1. The van der Waals surface area contributed by atoms with Crippen LogP contribution in [0.2, 0.25) is 0 Å². The van der Waals surface area contributed by atoms with Gasteiger partial charge in [-0.1, -0.05) is 0 Å². The number of halogens is 2. The summed E-state index contributed by atoms with van der Waals surface area (Å²) in [6, 6.07) is 3.17. The van der Waals surface area contributed by atoms with Crippen LogP contribution in [0.15, 0.2) is 23.0 Å². The van der Waals surface area contributed by atoms with E-state index in [0.717, 1.165) is 12.1 Å². The van der Waals surface area contributed by atoms with Gasteiger partial charge in [0.05, 0.1) is 11.9 Å². The first-order valence-corrected chi connectivity index (χ1v) is 4.70. The number of aromatic nitrogens is 1. The zero-order valence-corrected chi connectivity index (χ0v) is 8.46. The minimum absolute atomic E-state index is 0.116. The van der Waals surface area contributed by atoms with Crippen LogP contribution in [0.25, 0.3) is 10.9 Å². The van der Waals surface area contributed by atoms with Crippen molar-refractivity contribution in [3.63, 3.8) is 0 Å². The van der Waals surface area contributed by atoms with Crippen LogP contribution in [-0.2, 0) is 11.2 Å². The van der Waals surface area contributed by atoms with Gasteiger partial charge < -0.3 is 10.1 Å². The number of carboxylic acids is 1. The highest BCUT2D eigenvalue weighted by molar-refractivity contribution is 5.81. The van der Waals surface area contributed by atoms with E-state index in [4.69, 9.17) is 5.11 Å². The van der Waals surface area contributed by atoms with Crippen molar-refractivity contribution in [2.75, 3.05) is 0 Å². The number of hydrogen-bond acceptors (Lipinski definition) is 2. The molecule has 2 aromatic rings. The Bertz CT molecular complexity index is 664. The number of benzene rings is 1. The SMILES string of the molecule is O=C(O)Cc1cc2c(F)c(F)ccc2[nH]c1=O. The van der Waals surface area contributed by atoms with Gasteiger partial charge in [-0.3, -0.25) is 9.59 Å². The van der Waals surface area contributed by atoms with Gasteiger partial charge in [-0.2, -0.15) is 0 Å². The molecule has 0 saturated heterocycles. The Morgan fingerprint density at radius 2 is 2.06 bits per heavy atom. The van der Waals surface area contributed by atoms with E-state index in [-0.39, 0.29) is 16.5 Å². The lowest BCUT2D eigenvalue weighted by molar-refractivity contribution is -0.136. The van der Waals surface area contributed by atoms with E-state index in [1.54, 1.807) is 0 Å². The number of pyridine rings is 1. The van der Waals surface area contributed by atoms with E-state index in [1.165, 1.54) is 6.07 Å². The second-order valence-corrected chi connectivity index (χ2v) is 3.52. The van der Waals surface area contributed by atoms with E-state index in [2.05, 4.69) is 4.98 Å². The fraction of sp³-hybridized carbons (Fsp3) is 0.0909. The standard InChI is InChI=1S/C11H7F2NO3/c12-7-1-2-8-6(10(7)13)3-5(4-9(15)16)11(17)14-8/h1-3H,4H2,(H,14,17)(H,15,16). The van der Waals surface area contributed by atoms with Gasteiger partial charge in [0.25, 0.3) is 5.56 Å². The maximum Gasteiger partial charge on any atom is 0.308 e. The molecule has 0 amide bonds. The van der Waals surface area contributed by atoms with Crippen molar-refractivity contribution >= 4 is 16.9 Å². The van der Waals surface area contributed by atoms with Crippen LogP contribution in [-0.4, -0.2) is 16.1 Å². The minimum Gasteiger partial charge on any atom is -0.481 e. The van der Waals surface area contributed by atoms with Gasteiger partial charge in [0, 0.05) is 10.9 Å². The quantitative estimate of drug-likeness (QED) is 0.832. The lowest BCUT2D eigenvalue weighted by atomic mass is 10.1. The smallest absolute Gasteiger partial charge is 0.308 e. The number of carboxylic acid groups (broad SMARTS) is 1. The highest BCUT2D eigenvalue weighted by Gasteiger charge is 2.12. The highest BCUT2D eigenvalue weighted by atomic mass is 19.2. The van der Waals surface area contributed by atoms with Crippen LogP contribution in [0, 0.1) is 11.6 Å². The fourth-order valence-corrected chi connectivity index (χ4v) is 1.55. The van der Waals surface area contributed by atoms with Crippen molar-refractivity contribution in [3.8, 4) is 0 Å². The molecule has 0 unspecified atom stereocenters. The zero-order valence-electron chi connectivity index (χ0n) is 8.46. The molecule has 2 rings (SSSR count).